The zero-order chi connectivity index (χ0) is 10.2. The predicted octanol–water partition coefficient (Wildman–Crippen LogP) is 2.75. The van der Waals surface area contributed by atoms with Gasteiger partial charge in [0, 0.05) is 0 Å². The van der Waals surface area contributed by atoms with Crippen molar-refractivity contribution in [1.82, 2.24) is 0 Å². The fourth-order valence-corrected chi connectivity index (χ4v) is 2.62. The van der Waals surface area contributed by atoms with Crippen molar-refractivity contribution in [3.63, 3.8) is 0 Å². The molecule has 0 radical (unpaired) electrons. The SMILES string of the molecule is CC1(C)OC(=O)[C@@H](c2ccccc2)S1. The second-order valence-electron chi connectivity index (χ2n) is 3.73. The Kier molecular flexibility index (Phi) is 2.27. The summed E-state index contributed by atoms with van der Waals surface area (Å²) in [6.45, 7) is 3.83. The summed E-state index contributed by atoms with van der Waals surface area (Å²) in [5.74, 6) is -0.133. The number of hydrogen-bond donors (Lipinski definition) is 0. The van der Waals surface area contributed by atoms with Crippen LogP contribution in [0.3, 0.4) is 0 Å². The molecule has 0 bridgehead atoms. The summed E-state index contributed by atoms with van der Waals surface area (Å²) in [5, 5.41) is -0.161. The summed E-state index contributed by atoms with van der Waals surface area (Å²) in [4.78, 5) is 11.2. The van der Waals surface area contributed by atoms with E-state index in [4.69, 9.17) is 4.74 Å². The van der Waals surface area contributed by atoms with Gasteiger partial charge in [0.2, 0.25) is 0 Å². The van der Waals surface area contributed by atoms with Crippen molar-refractivity contribution in [3.05, 3.63) is 35.9 Å². The molecule has 1 aromatic rings. The summed E-state index contributed by atoms with van der Waals surface area (Å²) < 4.78 is 5.24. The Morgan fingerprint density at radius 1 is 1.29 bits per heavy atom. The van der Waals surface area contributed by atoms with E-state index < -0.39 is 4.93 Å². The third kappa shape index (κ3) is 1.77. The minimum Gasteiger partial charge on any atom is -0.447 e. The molecule has 1 aliphatic rings. The molecule has 1 aliphatic heterocycles. The lowest BCUT2D eigenvalue weighted by atomic mass is 10.1. The molecule has 1 atom stereocenters. The Hall–Kier alpha value is -0.960. The third-order valence-corrected chi connectivity index (χ3v) is 3.42. The number of hydrogen-bond acceptors (Lipinski definition) is 3. The van der Waals surface area contributed by atoms with Crippen molar-refractivity contribution >= 4 is 17.7 Å². The predicted molar refractivity (Wildman–Crippen MR) is 56.9 cm³/mol. The normalized spacial score (nSPS) is 24.7. The van der Waals surface area contributed by atoms with Gasteiger partial charge in [-0.2, -0.15) is 0 Å². The minimum atomic E-state index is -0.391. The molecule has 0 unspecified atom stereocenters. The van der Waals surface area contributed by atoms with Gasteiger partial charge in [-0.25, -0.2) is 0 Å². The van der Waals surface area contributed by atoms with Gasteiger partial charge in [-0.3, -0.25) is 4.79 Å². The van der Waals surface area contributed by atoms with Gasteiger partial charge in [0.15, 0.2) is 4.93 Å². The molecule has 1 fully saturated rings. The molecule has 0 aromatic heterocycles. The quantitative estimate of drug-likeness (QED) is 0.664. The molecular formula is C11H12O2S. The monoisotopic (exact) mass is 208 g/mol. The molecule has 0 aliphatic carbocycles. The molecule has 0 spiro atoms. The lowest BCUT2D eigenvalue weighted by Gasteiger charge is -2.13. The van der Waals surface area contributed by atoms with Crippen LogP contribution in [0.4, 0.5) is 0 Å². The number of cyclic esters (lactones) is 1. The highest BCUT2D eigenvalue weighted by molar-refractivity contribution is 8.01. The third-order valence-electron chi connectivity index (χ3n) is 2.06. The van der Waals surface area contributed by atoms with Gasteiger partial charge in [0.25, 0.3) is 0 Å². The Balaban J connectivity index is 2.26. The summed E-state index contributed by atoms with van der Waals surface area (Å²) in [7, 11) is 0. The van der Waals surface area contributed by atoms with Gasteiger partial charge in [0.05, 0.1) is 0 Å². The molecular weight excluding hydrogens is 196 g/mol. The second-order valence-corrected chi connectivity index (χ2v) is 5.42. The second kappa shape index (κ2) is 3.31. The fraction of sp³-hybridized carbons (Fsp3) is 0.364. The van der Waals surface area contributed by atoms with Gasteiger partial charge in [-0.1, -0.05) is 42.1 Å². The topological polar surface area (TPSA) is 26.3 Å². The van der Waals surface area contributed by atoms with Crippen LogP contribution in [0.1, 0.15) is 24.7 Å². The highest BCUT2D eigenvalue weighted by atomic mass is 32.2. The van der Waals surface area contributed by atoms with Crippen LogP contribution in [-0.2, 0) is 9.53 Å². The van der Waals surface area contributed by atoms with Crippen molar-refractivity contribution < 1.29 is 9.53 Å². The van der Waals surface area contributed by atoms with Crippen LogP contribution in [-0.4, -0.2) is 10.9 Å². The molecule has 2 nitrogen and oxygen atoms in total. The van der Waals surface area contributed by atoms with Crippen LogP contribution >= 0.6 is 11.8 Å². The Bertz CT molecular complexity index is 346. The minimum absolute atomic E-state index is 0.133. The zero-order valence-corrected chi connectivity index (χ0v) is 9.01. The first-order chi connectivity index (χ1) is 6.58. The van der Waals surface area contributed by atoms with E-state index in [1.54, 1.807) is 11.8 Å². The van der Waals surface area contributed by atoms with E-state index in [0.29, 0.717) is 0 Å². The van der Waals surface area contributed by atoms with E-state index in [1.807, 2.05) is 44.2 Å². The van der Waals surface area contributed by atoms with Crippen molar-refractivity contribution in [2.24, 2.45) is 0 Å². The maximum atomic E-state index is 11.5. The summed E-state index contributed by atoms with van der Waals surface area (Å²) in [6.07, 6.45) is 0. The number of ether oxygens (including phenoxy) is 1. The Morgan fingerprint density at radius 2 is 1.93 bits per heavy atom. The van der Waals surface area contributed by atoms with Crippen molar-refractivity contribution in [3.8, 4) is 0 Å². The fourth-order valence-electron chi connectivity index (χ4n) is 1.48. The van der Waals surface area contributed by atoms with Crippen LogP contribution in [0.25, 0.3) is 0 Å². The number of benzene rings is 1. The first kappa shape index (κ1) is 9.59. The summed E-state index contributed by atoms with van der Waals surface area (Å²) in [5.41, 5.74) is 1.02. The van der Waals surface area contributed by atoms with E-state index in [1.165, 1.54) is 0 Å². The van der Waals surface area contributed by atoms with Crippen molar-refractivity contribution in [2.45, 2.75) is 24.0 Å². The van der Waals surface area contributed by atoms with E-state index in [0.717, 1.165) is 5.56 Å². The molecule has 0 saturated carbocycles. The first-order valence-corrected chi connectivity index (χ1v) is 5.42. The molecule has 3 heteroatoms. The van der Waals surface area contributed by atoms with E-state index >= 15 is 0 Å². The lowest BCUT2D eigenvalue weighted by molar-refractivity contribution is -0.146. The van der Waals surface area contributed by atoms with Gasteiger partial charge >= 0.3 is 5.97 Å². The van der Waals surface area contributed by atoms with Crippen LogP contribution in [0, 0.1) is 0 Å². The van der Waals surface area contributed by atoms with Crippen LogP contribution in [0.5, 0.6) is 0 Å². The molecule has 1 heterocycles. The van der Waals surface area contributed by atoms with E-state index in [9.17, 15) is 4.79 Å². The molecule has 1 aromatic carbocycles. The van der Waals surface area contributed by atoms with Crippen molar-refractivity contribution in [2.75, 3.05) is 0 Å². The molecule has 1 saturated heterocycles. The van der Waals surface area contributed by atoms with Crippen LogP contribution < -0.4 is 0 Å². The van der Waals surface area contributed by atoms with Gasteiger partial charge in [-0.05, 0) is 19.4 Å². The number of esters is 1. The Morgan fingerprint density at radius 3 is 2.43 bits per heavy atom. The molecule has 0 N–H and O–H groups in total. The average molecular weight is 208 g/mol. The van der Waals surface area contributed by atoms with Crippen LogP contribution in [0.2, 0.25) is 0 Å². The lowest BCUT2D eigenvalue weighted by Crippen LogP contribution is -2.14. The highest BCUT2D eigenvalue weighted by Crippen LogP contribution is 2.46. The number of carbonyl (C=O) groups is 1. The molecule has 14 heavy (non-hydrogen) atoms. The highest BCUT2D eigenvalue weighted by Gasteiger charge is 2.41. The van der Waals surface area contributed by atoms with Crippen LogP contribution in [0.15, 0.2) is 30.3 Å². The van der Waals surface area contributed by atoms with E-state index in [2.05, 4.69) is 0 Å². The zero-order valence-electron chi connectivity index (χ0n) is 8.19. The summed E-state index contributed by atoms with van der Waals surface area (Å²) >= 11 is 1.56. The molecule has 2 rings (SSSR count). The maximum Gasteiger partial charge on any atom is 0.325 e. The largest absolute Gasteiger partial charge is 0.447 e. The van der Waals surface area contributed by atoms with Gasteiger partial charge < -0.3 is 4.74 Å². The Labute approximate surface area is 87.6 Å². The average Bonchev–Trinajstić information content (AvgIpc) is 2.41. The smallest absolute Gasteiger partial charge is 0.325 e. The first-order valence-electron chi connectivity index (χ1n) is 4.54. The maximum absolute atomic E-state index is 11.5. The number of carbonyl (C=O) groups excluding carboxylic acids is 1. The van der Waals surface area contributed by atoms with Gasteiger partial charge in [0.1, 0.15) is 5.25 Å². The molecule has 0 amide bonds. The number of thioether (sulfide) groups is 1. The number of rotatable bonds is 1. The summed E-state index contributed by atoms with van der Waals surface area (Å²) in [6, 6.07) is 9.74. The molecule has 74 valence electrons. The standard InChI is InChI=1S/C11H12O2S/c1-11(2)13-10(12)9(14-11)8-6-4-3-5-7-8/h3-7,9H,1-2H3/t9-/m1/s1. The van der Waals surface area contributed by atoms with Crippen molar-refractivity contribution in [1.29, 1.82) is 0 Å². The van der Waals surface area contributed by atoms with Gasteiger partial charge in [-0.15, -0.1) is 0 Å². The van der Waals surface area contributed by atoms with E-state index in [-0.39, 0.29) is 11.2 Å².